The number of furan rings is 1. The second kappa shape index (κ2) is 11.0. The molecule has 38 heavy (non-hydrogen) atoms. The van der Waals surface area contributed by atoms with Crippen LogP contribution in [0.5, 0.6) is 5.75 Å². The highest BCUT2D eigenvalue weighted by atomic mass is 35.5. The third-order valence-corrected chi connectivity index (χ3v) is 6.29. The van der Waals surface area contributed by atoms with Gasteiger partial charge < -0.3 is 19.2 Å². The van der Waals surface area contributed by atoms with E-state index in [9.17, 15) is 9.59 Å². The molecule has 2 aromatic carbocycles. The predicted octanol–water partition coefficient (Wildman–Crippen LogP) is 6.30. The molecule has 0 atom stereocenters. The van der Waals surface area contributed by atoms with Gasteiger partial charge in [0, 0.05) is 17.4 Å². The van der Waals surface area contributed by atoms with Gasteiger partial charge in [-0.3, -0.25) is 4.79 Å². The number of esters is 1. The summed E-state index contributed by atoms with van der Waals surface area (Å²) in [5.41, 5.74) is 2.61. The second-order valence-electron chi connectivity index (χ2n) is 7.99. The second-order valence-corrected chi connectivity index (χ2v) is 8.77. The smallest absolute Gasteiger partial charge is 0.343 e. The van der Waals surface area contributed by atoms with E-state index in [0.29, 0.717) is 38.6 Å². The van der Waals surface area contributed by atoms with Crippen molar-refractivity contribution in [3.8, 4) is 17.0 Å². The Labute approximate surface area is 226 Å². The Morgan fingerprint density at radius 1 is 1.08 bits per heavy atom. The molecule has 0 aliphatic carbocycles. The lowest BCUT2D eigenvalue weighted by Crippen LogP contribution is -2.11. The number of hydrogen-bond acceptors (Lipinski definition) is 7. The number of amides is 1. The molecule has 11 heteroatoms. The van der Waals surface area contributed by atoms with Crippen LogP contribution in [-0.2, 0) is 11.3 Å². The summed E-state index contributed by atoms with van der Waals surface area (Å²) >= 11 is 12.1. The molecule has 5 aromatic rings. The monoisotopic (exact) mass is 550 g/mol. The van der Waals surface area contributed by atoms with Crippen LogP contribution in [0.15, 0.2) is 77.5 Å². The molecule has 0 bridgehead atoms. The summed E-state index contributed by atoms with van der Waals surface area (Å²) in [5, 5.41) is 7.82. The van der Waals surface area contributed by atoms with Gasteiger partial charge in [-0.15, -0.1) is 0 Å². The maximum atomic E-state index is 12.8. The molecule has 0 spiro atoms. The molecule has 1 amide bonds. The first-order chi connectivity index (χ1) is 18.4. The molecule has 0 unspecified atom stereocenters. The van der Waals surface area contributed by atoms with Crippen LogP contribution in [0.1, 0.15) is 33.6 Å². The number of halogens is 2. The van der Waals surface area contributed by atoms with Crippen LogP contribution in [0.3, 0.4) is 0 Å². The molecule has 0 radical (unpaired) electrons. The molecule has 3 aromatic heterocycles. The Morgan fingerprint density at radius 3 is 2.76 bits per heavy atom. The average Bonchev–Trinajstić information content (AvgIpc) is 3.57. The van der Waals surface area contributed by atoms with Gasteiger partial charge in [0.05, 0.1) is 23.5 Å². The predicted molar refractivity (Wildman–Crippen MR) is 142 cm³/mol. The summed E-state index contributed by atoms with van der Waals surface area (Å²) in [5.74, 6) is 0.0406. The minimum absolute atomic E-state index is 0.0680. The number of nitrogens with zero attached hydrogens (tertiary/aromatic N) is 3. The first-order valence-corrected chi connectivity index (χ1v) is 12.3. The Balaban J connectivity index is 1.31. The standard InChI is InChI=1S/C27H20Cl2N4O5/c1-2-36-27(35)19-14-31-33-21(11-12-30-25(19)33)16-5-3-6-17(13-16)32-26(34)23-10-9-18(38-23)15-37-22-8-4-7-20(28)24(22)29/h3-14H,2,15H2,1H3,(H,32,34). The van der Waals surface area contributed by atoms with Gasteiger partial charge in [-0.05, 0) is 49.4 Å². The van der Waals surface area contributed by atoms with Crippen LogP contribution in [0.2, 0.25) is 10.0 Å². The molecule has 192 valence electrons. The summed E-state index contributed by atoms with van der Waals surface area (Å²) in [7, 11) is 0. The van der Waals surface area contributed by atoms with E-state index in [-0.39, 0.29) is 24.5 Å². The van der Waals surface area contributed by atoms with E-state index in [2.05, 4.69) is 15.4 Å². The number of benzene rings is 2. The molecule has 0 aliphatic heterocycles. The summed E-state index contributed by atoms with van der Waals surface area (Å²) in [4.78, 5) is 29.3. The van der Waals surface area contributed by atoms with Crippen molar-refractivity contribution in [1.82, 2.24) is 14.6 Å². The fourth-order valence-corrected chi connectivity index (χ4v) is 4.08. The zero-order chi connectivity index (χ0) is 26.6. The highest BCUT2D eigenvalue weighted by molar-refractivity contribution is 6.42. The summed E-state index contributed by atoms with van der Waals surface area (Å²) in [6.45, 7) is 2.05. The molecular weight excluding hydrogens is 531 g/mol. The molecule has 1 N–H and O–H groups in total. The summed E-state index contributed by atoms with van der Waals surface area (Å²) < 4.78 is 17.9. The lowest BCUT2D eigenvalue weighted by Gasteiger charge is -2.09. The zero-order valence-corrected chi connectivity index (χ0v) is 21.5. The number of ether oxygens (including phenoxy) is 2. The molecule has 9 nitrogen and oxygen atoms in total. The van der Waals surface area contributed by atoms with Gasteiger partial charge in [-0.2, -0.15) is 5.10 Å². The Kier molecular flexibility index (Phi) is 7.30. The number of aromatic nitrogens is 3. The third kappa shape index (κ3) is 5.20. The Bertz CT molecular complexity index is 1650. The van der Waals surface area contributed by atoms with Crippen LogP contribution >= 0.6 is 23.2 Å². The van der Waals surface area contributed by atoms with E-state index in [1.165, 1.54) is 6.20 Å². The number of hydrogen-bond donors (Lipinski definition) is 1. The number of nitrogens with one attached hydrogen (secondary N) is 1. The van der Waals surface area contributed by atoms with Gasteiger partial charge in [-0.1, -0.05) is 41.4 Å². The normalized spacial score (nSPS) is 10.9. The molecule has 0 fully saturated rings. The number of fused-ring (bicyclic) bond motifs is 1. The summed E-state index contributed by atoms with van der Waals surface area (Å²) in [6, 6.07) is 17.2. The van der Waals surface area contributed by atoms with Crippen molar-refractivity contribution < 1.29 is 23.5 Å². The van der Waals surface area contributed by atoms with E-state index in [0.717, 1.165) is 5.56 Å². The lowest BCUT2D eigenvalue weighted by atomic mass is 10.1. The number of carbonyl (C=O) groups is 2. The number of carbonyl (C=O) groups excluding carboxylic acids is 2. The van der Waals surface area contributed by atoms with Crippen LogP contribution in [-0.4, -0.2) is 33.1 Å². The average molecular weight is 551 g/mol. The maximum absolute atomic E-state index is 12.8. The van der Waals surface area contributed by atoms with Crippen molar-refractivity contribution in [1.29, 1.82) is 0 Å². The molecule has 0 aliphatic rings. The molecule has 0 saturated heterocycles. The lowest BCUT2D eigenvalue weighted by molar-refractivity contribution is 0.0528. The zero-order valence-electron chi connectivity index (χ0n) is 20.0. The SMILES string of the molecule is CCOC(=O)c1cnn2c(-c3cccc(NC(=O)c4ccc(COc5cccc(Cl)c5Cl)o4)c3)ccnc12. The number of rotatable bonds is 8. The van der Waals surface area contributed by atoms with Gasteiger partial charge in [0.25, 0.3) is 5.91 Å². The summed E-state index contributed by atoms with van der Waals surface area (Å²) in [6.07, 6.45) is 3.01. The highest BCUT2D eigenvalue weighted by Crippen LogP contribution is 2.32. The van der Waals surface area contributed by atoms with Crippen LogP contribution in [0.4, 0.5) is 5.69 Å². The van der Waals surface area contributed by atoms with Gasteiger partial charge >= 0.3 is 5.97 Å². The molecule has 3 heterocycles. The van der Waals surface area contributed by atoms with Gasteiger partial charge in [-0.25, -0.2) is 14.3 Å². The van der Waals surface area contributed by atoms with E-state index in [1.807, 2.05) is 6.07 Å². The minimum Gasteiger partial charge on any atom is -0.484 e. The fraction of sp³-hybridized carbons (Fsp3) is 0.111. The largest absolute Gasteiger partial charge is 0.484 e. The van der Waals surface area contributed by atoms with Crippen molar-refractivity contribution in [2.75, 3.05) is 11.9 Å². The first-order valence-electron chi connectivity index (χ1n) is 11.5. The van der Waals surface area contributed by atoms with E-state index < -0.39 is 11.9 Å². The van der Waals surface area contributed by atoms with Gasteiger partial charge in [0.15, 0.2) is 11.4 Å². The quantitative estimate of drug-likeness (QED) is 0.225. The highest BCUT2D eigenvalue weighted by Gasteiger charge is 2.18. The van der Waals surface area contributed by atoms with Crippen molar-refractivity contribution in [3.63, 3.8) is 0 Å². The minimum atomic E-state index is -0.493. The van der Waals surface area contributed by atoms with Crippen molar-refractivity contribution >= 4 is 46.4 Å². The van der Waals surface area contributed by atoms with E-state index in [4.69, 9.17) is 37.1 Å². The van der Waals surface area contributed by atoms with Gasteiger partial charge in [0.2, 0.25) is 0 Å². The maximum Gasteiger partial charge on any atom is 0.343 e. The van der Waals surface area contributed by atoms with Crippen molar-refractivity contribution in [3.05, 3.63) is 100 Å². The third-order valence-electron chi connectivity index (χ3n) is 5.48. The Morgan fingerprint density at radius 2 is 1.92 bits per heavy atom. The fourth-order valence-electron chi connectivity index (χ4n) is 3.73. The van der Waals surface area contributed by atoms with E-state index in [1.54, 1.807) is 72.2 Å². The molecule has 0 saturated carbocycles. The molecule has 5 rings (SSSR count). The van der Waals surface area contributed by atoms with Crippen LogP contribution in [0, 0.1) is 0 Å². The first kappa shape index (κ1) is 25.3. The van der Waals surface area contributed by atoms with Crippen LogP contribution < -0.4 is 10.1 Å². The van der Waals surface area contributed by atoms with E-state index >= 15 is 0 Å². The van der Waals surface area contributed by atoms with Crippen LogP contribution in [0.25, 0.3) is 16.9 Å². The van der Waals surface area contributed by atoms with Gasteiger partial charge in [0.1, 0.15) is 28.7 Å². The van der Waals surface area contributed by atoms with Crippen molar-refractivity contribution in [2.45, 2.75) is 13.5 Å². The molecular formula is C27H20Cl2N4O5. The van der Waals surface area contributed by atoms with Crippen molar-refractivity contribution in [2.24, 2.45) is 0 Å². The Hall–Kier alpha value is -4.34. The number of anilines is 1. The topological polar surface area (TPSA) is 108 Å².